The summed E-state index contributed by atoms with van der Waals surface area (Å²) in [6.45, 7) is -0.597. The topological polar surface area (TPSA) is 103 Å². The summed E-state index contributed by atoms with van der Waals surface area (Å²) < 4.78 is 20.9. The Bertz CT molecular complexity index is 945. The summed E-state index contributed by atoms with van der Waals surface area (Å²) in [5.74, 6) is -0.0251. The van der Waals surface area contributed by atoms with E-state index in [0.29, 0.717) is 28.6 Å². The summed E-state index contributed by atoms with van der Waals surface area (Å²) in [5, 5.41) is 2.61. The Morgan fingerprint density at radius 3 is 2.70 bits per heavy atom. The molecule has 158 valence electrons. The number of amides is 2. The largest absolute Gasteiger partial charge is 0.497 e. The summed E-state index contributed by atoms with van der Waals surface area (Å²) in [6.07, 6.45) is 0.139. The van der Waals surface area contributed by atoms with E-state index in [9.17, 15) is 14.4 Å². The van der Waals surface area contributed by atoms with E-state index in [0.717, 1.165) is 0 Å². The Morgan fingerprint density at radius 2 is 1.93 bits per heavy atom. The number of nitrogens with zero attached hydrogens (tertiary/aromatic N) is 1. The van der Waals surface area contributed by atoms with Crippen molar-refractivity contribution in [3.63, 3.8) is 0 Å². The van der Waals surface area contributed by atoms with Crippen molar-refractivity contribution in [2.45, 2.75) is 6.42 Å². The van der Waals surface area contributed by atoms with E-state index < -0.39 is 18.5 Å². The minimum atomic E-state index is -0.711. The number of hydrogen-bond acceptors (Lipinski definition) is 7. The molecule has 9 nitrogen and oxygen atoms in total. The second-order valence-electron chi connectivity index (χ2n) is 6.32. The van der Waals surface area contributed by atoms with E-state index in [1.165, 1.54) is 19.1 Å². The minimum Gasteiger partial charge on any atom is -0.497 e. The summed E-state index contributed by atoms with van der Waals surface area (Å²) >= 11 is 0. The maximum absolute atomic E-state index is 12.3. The molecule has 0 radical (unpaired) electrons. The fraction of sp³-hybridized carbons (Fsp3) is 0.286. The molecule has 9 heteroatoms. The molecule has 30 heavy (non-hydrogen) atoms. The maximum Gasteiger partial charge on any atom is 0.326 e. The van der Waals surface area contributed by atoms with Crippen LogP contribution in [0.3, 0.4) is 0 Å². The van der Waals surface area contributed by atoms with Gasteiger partial charge in [0.2, 0.25) is 5.91 Å². The third kappa shape index (κ3) is 4.99. The van der Waals surface area contributed by atoms with Crippen molar-refractivity contribution in [1.29, 1.82) is 0 Å². The first-order valence-electron chi connectivity index (χ1n) is 9.21. The quantitative estimate of drug-likeness (QED) is 0.691. The van der Waals surface area contributed by atoms with E-state index in [2.05, 4.69) is 5.32 Å². The molecule has 0 spiro atoms. The van der Waals surface area contributed by atoms with Gasteiger partial charge < -0.3 is 24.3 Å². The number of nitrogens with one attached hydrogen (secondary N) is 1. The first-order valence-corrected chi connectivity index (χ1v) is 9.21. The second-order valence-corrected chi connectivity index (χ2v) is 6.32. The molecule has 2 aromatic carbocycles. The summed E-state index contributed by atoms with van der Waals surface area (Å²) in [6, 6.07) is 11.8. The molecule has 0 aromatic heterocycles. The van der Waals surface area contributed by atoms with Gasteiger partial charge in [-0.1, -0.05) is 12.1 Å². The van der Waals surface area contributed by atoms with E-state index in [1.807, 2.05) is 0 Å². The molecule has 2 amide bonds. The van der Waals surface area contributed by atoms with Gasteiger partial charge in [-0.15, -0.1) is 0 Å². The summed E-state index contributed by atoms with van der Waals surface area (Å²) in [5.41, 5.74) is 0.900. The predicted molar refractivity (Wildman–Crippen MR) is 108 cm³/mol. The van der Waals surface area contributed by atoms with Gasteiger partial charge in [-0.25, -0.2) is 0 Å². The van der Waals surface area contributed by atoms with Crippen molar-refractivity contribution in [2.24, 2.45) is 0 Å². The van der Waals surface area contributed by atoms with Gasteiger partial charge in [-0.2, -0.15) is 0 Å². The molecule has 0 bridgehead atoms. The number of methoxy groups -OCH3 is 2. The zero-order valence-electron chi connectivity index (χ0n) is 16.7. The van der Waals surface area contributed by atoms with Crippen molar-refractivity contribution in [3.8, 4) is 17.2 Å². The first-order chi connectivity index (χ1) is 14.5. The lowest BCUT2D eigenvalue weighted by Crippen LogP contribution is -2.37. The molecule has 3 rings (SSSR count). The van der Waals surface area contributed by atoms with Crippen LogP contribution < -0.4 is 24.4 Å². The van der Waals surface area contributed by atoms with Crippen LogP contribution >= 0.6 is 0 Å². The van der Waals surface area contributed by atoms with Crippen LogP contribution in [0.2, 0.25) is 0 Å². The van der Waals surface area contributed by atoms with Crippen molar-refractivity contribution >= 4 is 29.2 Å². The van der Waals surface area contributed by atoms with Gasteiger partial charge in [0.25, 0.3) is 5.91 Å². The Hall–Kier alpha value is -3.75. The number of rotatable bonds is 7. The summed E-state index contributed by atoms with van der Waals surface area (Å²) in [4.78, 5) is 38.1. The average Bonchev–Trinajstić information content (AvgIpc) is 2.91. The van der Waals surface area contributed by atoms with Crippen LogP contribution in [-0.4, -0.2) is 51.8 Å². The highest BCUT2D eigenvalue weighted by Crippen LogP contribution is 2.31. The smallest absolute Gasteiger partial charge is 0.326 e. The Kier molecular flexibility index (Phi) is 6.74. The molecule has 1 N–H and O–H groups in total. The standard InChI is InChI=1S/C21H22N2O7/c1-27-14-7-8-15(18(11-14)28-2)22-19(24)13-30-21(26)12-23-16-5-3-4-6-17(16)29-10-9-20(23)25/h3-8,11H,9-10,12-13H2,1-2H3,(H,22,24). The lowest BCUT2D eigenvalue weighted by Gasteiger charge is -2.20. The van der Waals surface area contributed by atoms with E-state index >= 15 is 0 Å². The Labute approximate surface area is 173 Å². The predicted octanol–water partition coefficient (Wildman–Crippen LogP) is 2.00. The number of carbonyl (C=O) groups excluding carboxylic acids is 3. The number of carbonyl (C=O) groups is 3. The van der Waals surface area contributed by atoms with Crippen LogP contribution in [0.25, 0.3) is 0 Å². The van der Waals surface area contributed by atoms with Gasteiger partial charge >= 0.3 is 5.97 Å². The molecule has 0 aliphatic carbocycles. The molecule has 0 saturated heterocycles. The number of hydrogen-bond donors (Lipinski definition) is 1. The molecule has 1 aliphatic rings. The fourth-order valence-electron chi connectivity index (χ4n) is 2.90. The molecule has 2 aromatic rings. The normalized spacial score (nSPS) is 12.9. The minimum absolute atomic E-state index is 0.139. The number of ether oxygens (including phenoxy) is 4. The molecule has 1 heterocycles. The molecular weight excluding hydrogens is 392 g/mol. The molecule has 0 saturated carbocycles. The maximum atomic E-state index is 12.3. The zero-order chi connectivity index (χ0) is 21.5. The van der Waals surface area contributed by atoms with Gasteiger partial charge in [0.1, 0.15) is 23.8 Å². The van der Waals surface area contributed by atoms with Gasteiger partial charge in [0.05, 0.1) is 38.6 Å². The van der Waals surface area contributed by atoms with E-state index in [-0.39, 0.29) is 25.5 Å². The van der Waals surface area contributed by atoms with Crippen LogP contribution in [0.4, 0.5) is 11.4 Å². The summed E-state index contributed by atoms with van der Waals surface area (Å²) in [7, 11) is 2.98. The van der Waals surface area contributed by atoms with Gasteiger partial charge in [0, 0.05) is 6.07 Å². The van der Waals surface area contributed by atoms with Gasteiger partial charge in [0.15, 0.2) is 6.61 Å². The molecule has 0 fully saturated rings. The van der Waals surface area contributed by atoms with Crippen LogP contribution in [-0.2, 0) is 19.1 Å². The second kappa shape index (κ2) is 9.64. The average molecular weight is 414 g/mol. The third-order valence-corrected chi connectivity index (χ3v) is 4.36. The Balaban J connectivity index is 1.58. The SMILES string of the molecule is COc1ccc(NC(=O)COC(=O)CN2C(=O)CCOc3ccccc32)c(OC)c1. The van der Waals surface area contributed by atoms with Crippen molar-refractivity contribution in [2.75, 3.05) is 44.2 Å². The number of anilines is 2. The Morgan fingerprint density at radius 1 is 1.13 bits per heavy atom. The number of fused-ring (bicyclic) bond motifs is 1. The molecule has 0 unspecified atom stereocenters. The van der Waals surface area contributed by atoms with E-state index in [1.54, 1.807) is 42.5 Å². The molecule has 0 atom stereocenters. The van der Waals surface area contributed by atoms with E-state index in [4.69, 9.17) is 18.9 Å². The van der Waals surface area contributed by atoms with Gasteiger partial charge in [-0.3, -0.25) is 19.3 Å². The van der Waals surface area contributed by atoms with Crippen molar-refractivity contribution in [1.82, 2.24) is 0 Å². The highest BCUT2D eigenvalue weighted by molar-refractivity contribution is 6.00. The highest BCUT2D eigenvalue weighted by Gasteiger charge is 2.25. The molecule has 1 aliphatic heterocycles. The van der Waals surface area contributed by atoms with Crippen molar-refractivity contribution in [3.05, 3.63) is 42.5 Å². The van der Waals surface area contributed by atoms with Crippen molar-refractivity contribution < 1.29 is 33.3 Å². The zero-order valence-corrected chi connectivity index (χ0v) is 16.7. The lowest BCUT2D eigenvalue weighted by molar-refractivity contribution is -0.146. The van der Waals surface area contributed by atoms with Crippen LogP contribution in [0.5, 0.6) is 17.2 Å². The highest BCUT2D eigenvalue weighted by atomic mass is 16.5. The third-order valence-electron chi connectivity index (χ3n) is 4.36. The number of para-hydroxylation sites is 2. The van der Waals surface area contributed by atoms with Gasteiger partial charge in [-0.05, 0) is 24.3 Å². The molecular formula is C21H22N2O7. The van der Waals surface area contributed by atoms with Crippen LogP contribution in [0.1, 0.15) is 6.42 Å². The number of benzene rings is 2. The monoisotopic (exact) mass is 414 g/mol. The fourth-order valence-corrected chi connectivity index (χ4v) is 2.90. The number of esters is 1. The first kappa shape index (κ1) is 21.0. The van der Waals surface area contributed by atoms with Crippen LogP contribution in [0.15, 0.2) is 42.5 Å². The lowest BCUT2D eigenvalue weighted by atomic mass is 10.2. The van der Waals surface area contributed by atoms with Crippen LogP contribution in [0, 0.1) is 0 Å².